The first-order valence-corrected chi connectivity index (χ1v) is 8.19. The summed E-state index contributed by atoms with van der Waals surface area (Å²) in [6.45, 7) is 3.97. The minimum atomic E-state index is 0.572. The molecular weight excluding hydrogens is 258 g/mol. The molecule has 1 aromatic heterocycles. The Bertz CT molecular complexity index is 606. The number of nitrogens with two attached hydrogens (primary N) is 1. The molecule has 1 atom stereocenters. The van der Waals surface area contributed by atoms with Gasteiger partial charge in [-0.1, -0.05) is 31.5 Å². The number of rotatable bonds is 4. The number of nitrogens with zero attached hydrogens (tertiary/aromatic N) is 2. The Morgan fingerprint density at radius 2 is 2.14 bits per heavy atom. The number of anilines is 1. The molecule has 2 N–H and O–H groups in total. The summed E-state index contributed by atoms with van der Waals surface area (Å²) in [6.07, 6.45) is 6.40. The van der Waals surface area contributed by atoms with Gasteiger partial charge < -0.3 is 10.6 Å². The predicted molar refractivity (Wildman–Crippen MR) is 89.5 cm³/mol. The minimum absolute atomic E-state index is 0.572. The zero-order chi connectivity index (χ0) is 14.7. The van der Waals surface area contributed by atoms with Gasteiger partial charge in [0.25, 0.3) is 0 Å². The topological polar surface area (TPSA) is 42.1 Å². The number of benzene rings is 1. The summed E-state index contributed by atoms with van der Waals surface area (Å²) < 4.78 is 0. The number of fused-ring (bicyclic) bond motifs is 1. The van der Waals surface area contributed by atoms with Gasteiger partial charge in [0.1, 0.15) is 5.82 Å². The van der Waals surface area contributed by atoms with Crippen LogP contribution in [-0.2, 0) is 6.54 Å². The first kappa shape index (κ1) is 14.3. The summed E-state index contributed by atoms with van der Waals surface area (Å²) in [4.78, 5) is 7.42. The van der Waals surface area contributed by atoms with Gasteiger partial charge in [0.05, 0.1) is 5.52 Å². The fraction of sp³-hybridized carbons (Fsp3) is 0.500. The third-order valence-electron chi connectivity index (χ3n) is 4.55. The molecule has 1 unspecified atom stereocenters. The molecule has 0 aliphatic carbocycles. The van der Waals surface area contributed by atoms with Crippen molar-refractivity contribution >= 4 is 16.7 Å². The highest BCUT2D eigenvalue weighted by molar-refractivity contribution is 5.84. The lowest BCUT2D eigenvalue weighted by molar-refractivity contribution is 0.432. The molecule has 1 aliphatic heterocycles. The van der Waals surface area contributed by atoms with Crippen molar-refractivity contribution in [2.24, 2.45) is 5.73 Å². The van der Waals surface area contributed by atoms with E-state index >= 15 is 0 Å². The van der Waals surface area contributed by atoms with Crippen molar-refractivity contribution in [2.75, 3.05) is 11.4 Å². The average molecular weight is 283 g/mol. The lowest BCUT2D eigenvalue weighted by Crippen LogP contribution is -2.40. The van der Waals surface area contributed by atoms with Crippen LogP contribution >= 0.6 is 0 Å². The Balaban J connectivity index is 2.02. The van der Waals surface area contributed by atoms with Crippen LogP contribution in [0.1, 0.15) is 44.6 Å². The highest BCUT2D eigenvalue weighted by Gasteiger charge is 2.23. The first-order valence-electron chi connectivity index (χ1n) is 8.19. The number of hydrogen-bond donors (Lipinski definition) is 1. The summed E-state index contributed by atoms with van der Waals surface area (Å²) in [5.41, 5.74) is 8.23. The Morgan fingerprint density at radius 1 is 1.29 bits per heavy atom. The maximum Gasteiger partial charge on any atom is 0.129 e. The van der Waals surface area contributed by atoms with Crippen LogP contribution in [0.2, 0.25) is 0 Å². The number of piperidine rings is 1. The monoisotopic (exact) mass is 283 g/mol. The van der Waals surface area contributed by atoms with E-state index in [0.717, 1.165) is 17.9 Å². The molecule has 3 rings (SSSR count). The van der Waals surface area contributed by atoms with Gasteiger partial charge in [0, 0.05) is 24.5 Å². The summed E-state index contributed by atoms with van der Waals surface area (Å²) in [6, 6.07) is 11.2. The molecule has 1 aromatic carbocycles. The first-order chi connectivity index (χ1) is 10.3. The van der Waals surface area contributed by atoms with Crippen LogP contribution in [0.4, 0.5) is 5.82 Å². The van der Waals surface area contributed by atoms with E-state index < -0.39 is 0 Å². The molecule has 3 heteroatoms. The molecule has 0 bridgehead atoms. The second-order valence-electron chi connectivity index (χ2n) is 5.99. The van der Waals surface area contributed by atoms with Crippen molar-refractivity contribution in [3.8, 4) is 0 Å². The zero-order valence-electron chi connectivity index (χ0n) is 12.9. The quantitative estimate of drug-likeness (QED) is 0.926. The van der Waals surface area contributed by atoms with Crippen LogP contribution in [-0.4, -0.2) is 17.6 Å². The number of aromatic nitrogens is 1. The predicted octanol–water partition coefficient (Wildman–Crippen LogP) is 3.85. The third kappa shape index (κ3) is 2.88. The second-order valence-corrected chi connectivity index (χ2v) is 5.99. The van der Waals surface area contributed by atoms with Crippen LogP contribution in [0, 0.1) is 0 Å². The average Bonchev–Trinajstić information content (AvgIpc) is 2.54. The molecule has 0 saturated carbocycles. The summed E-state index contributed by atoms with van der Waals surface area (Å²) in [5.74, 6) is 1.12. The Hall–Kier alpha value is -1.61. The van der Waals surface area contributed by atoms with Crippen molar-refractivity contribution in [1.29, 1.82) is 0 Å². The highest BCUT2D eigenvalue weighted by Crippen LogP contribution is 2.29. The van der Waals surface area contributed by atoms with Gasteiger partial charge in [-0.25, -0.2) is 4.98 Å². The van der Waals surface area contributed by atoms with Gasteiger partial charge in [-0.05, 0) is 43.4 Å². The van der Waals surface area contributed by atoms with Gasteiger partial charge in [0.2, 0.25) is 0 Å². The minimum Gasteiger partial charge on any atom is -0.354 e. The van der Waals surface area contributed by atoms with Crippen molar-refractivity contribution in [1.82, 2.24) is 4.98 Å². The fourth-order valence-electron chi connectivity index (χ4n) is 3.48. The van der Waals surface area contributed by atoms with Crippen molar-refractivity contribution in [3.05, 3.63) is 35.9 Å². The lowest BCUT2D eigenvalue weighted by atomic mass is 9.98. The van der Waals surface area contributed by atoms with Gasteiger partial charge >= 0.3 is 0 Å². The normalized spacial score (nSPS) is 19.1. The number of para-hydroxylation sites is 1. The van der Waals surface area contributed by atoms with Crippen molar-refractivity contribution < 1.29 is 0 Å². The smallest absolute Gasteiger partial charge is 0.129 e. The van der Waals surface area contributed by atoms with Gasteiger partial charge in [-0.15, -0.1) is 0 Å². The van der Waals surface area contributed by atoms with E-state index in [1.54, 1.807) is 0 Å². The summed E-state index contributed by atoms with van der Waals surface area (Å²) in [5, 5.41) is 1.19. The molecule has 2 heterocycles. The largest absolute Gasteiger partial charge is 0.354 e. The molecule has 112 valence electrons. The molecule has 0 radical (unpaired) electrons. The summed E-state index contributed by atoms with van der Waals surface area (Å²) >= 11 is 0. The van der Waals surface area contributed by atoms with E-state index in [1.165, 1.54) is 43.1 Å². The van der Waals surface area contributed by atoms with Crippen LogP contribution in [0.5, 0.6) is 0 Å². The molecule has 0 spiro atoms. The van der Waals surface area contributed by atoms with Crippen LogP contribution in [0.25, 0.3) is 10.9 Å². The Kier molecular flexibility index (Phi) is 4.39. The number of hydrogen-bond acceptors (Lipinski definition) is 3. The highest BCUT2D eigenvalue weighted by atomic mass is 15.2. The molecule has 1 saturated heterocycles. The molecule has 1 fully saturated rings. The second kappa shape index (κ2) is 6.44. The fourth-order valence-corrected chi connectivity index (χ4v) is 3.48. The zero-order valence-corrected chi connectivity index (χ0v) is 12.9. The van der Waals surface area contributed by atoms with E-state index in [9.17, 15) is 0 Å². The third-order valence-corrected chi connectivity index (χ3v) is 4.55. The van der Waals surface area contributed by atoms with E-state index in [0.29, 0.717) is 12.6 Å². The molecular formula is C18H25N3. The SMILES string of the molecule is CCCC1CCCCN1c1cc(CN)c2ccccc2n1. The van der Waals surface area contributed by atoms with E-state index in [1.807, 2.05) is 0 Å². The van der Waals surface area contributed by atoms with Crippen LogP contribution < -0.4 is 10.6 Å². The van der Waals surface area contributed by atoms with Crippen molar-refractivity contribution in [3.63, 3.8) is 0 Å². The Labute approximate surface area is 127 Å². The van der Waals surface area contributed by atoms with E-state index in [-0.39, 0.29) is 0 Å². The van der Waals surface area contributed by atoms with E-state index in [2.05, 4.69) is 42.2 Å². The Morgan fingerprint density at radius 3 is 2.95 bits per heavy atom. The van der Waals surface area contributed by atoms with Crippen LogP contribution in [0.15, 0.2) is 30.3 Å². The molecule has 21 heavy (non-hydrogen) atoms. The maximum absolute atomic E-state index is 5.96. The van der Waals surface area contributed by atoms with Gasteiger partial charge in [0.15, 0.2) is 0 Å². The molecule has 0 amide bonds. The lowest BCUT2D eigenvalue weighted by Gasteiger charge is -2.37. The standard InChI is InChI=1S/C18H25N3/c1-2-7-15-8-5-6-11-21(15)18-12-14(13-19)16-9-3-4-10-17(16)20-18/h3-4,9-10,12,15H,2,5-8,11,13,19H2,1H3. The van der Waals surface area contributed by atoms with Crippen molar-refractivity contribution in [2.45, 2.75) is 51.6 Å². The van der Waals surface area contributed by atoms with Gasteiger partial charge in [-0.2, -0.15) is 0 Å². The maximum atomic E-state index is 5.96. The van der Waals surface area contributed by atoms with E-state index in [4.69, 9.17) is 10.7 Å². The molecule has 3 nitrogen and oxygen atoms in total. The summed E-state index contributed by atoms with van der Waals surface area (Å²) in [7, 11) is 0. The molecule has 2 aromatic rings. The van der Waals surface area contributed by atoms with Crippen LogP contribution in [0.3, 0.4) is 0 Å². The molecule has 1 aliphatic rings. The number of pyridine rings is 1. The van der Waals surface area contributed by atoms with Gasteiger partial charge in [-0.3, -0.25) is 0 Å².